The van der Waals surface area contributed by atoms with E-state index in [1.807, 2.05) is 36.4 Å². The van der Waals surface area contributed by atoms with Gasteiger partial charge in [-0.3, -0.25) is 4.79 Å². The van der Waals surface area contributed by atoms with Gasteiger partial charge in [0.2, 0.25) is 0 Å². The van der Waals surface area contributed by atoms with Gasteiger partial charge in [-0.15, -0.1) is 0 Å². The van der Waals surface area contributed by atoms with Crippen LogP contribution in [0.2, 0.25) is 0 Å². The largest absolute Gasteiger partial charge is 0.398 e. The molecule has 0 radical (unpaired) electrons. The average molecular weight is 270 g/mol. The molecule has 0 atom stereocenters. The maximum Gasteiger partial charge on any atom is 0.253 e. The van der Waals surface area contributed by atoms with Gasteiger partial charge in [-0.25, -0.2) is 0 Å². The molecule has 0 fully saturated rings. The molecule has 0 heterocycles. The molecule has 0 aliphatic rings. The Balaban J connectivity index is 2.15. The van der Waals surface area contributed by atoms with Crippen LogP contribution in [0.1, 0.15) is 37.6 Å². The van der Waals surface area contributed by atoms with Crippen LogP contribution in [-0.4, -0.2) is 12.5 Å². The highest BCUT2D eigenvalue weighted by Gasteiger charge is 2.13. The van der Waals surface area contributed by atoms with E-state index >= 15 is 0 Å². The van der Waals surface area contributed by atoms with E-state index in [9.17, 15) is 4.79 Å². The van der Waals surface area contributed by atoms with Gasteiger partial charge in [-0.1, -0.05) is 45.0 Å². The molecule has 0 saturated heterocycles. The molecule has 20 heavy (non-hydrogen) atoms. The molecule has 0 spiro atoms. The van der Waals surface area contributed by atoms with Gasteiger partial charge in [0.25, 0.3) is 5.91 Å². The van der Waals surface area contributed by atoms with Crippen LogP contribution in [0.25, 0.3) is 10.8 Å². The molecule has 2 aromatic rings. The molecule has 0 aliphatic carbocycles. The minimum absolute atomic E-state index is 0.0995. The Kier molecular flexibility index (Phi) is 3.98. The van der Waals surface area contributed by atoms with Gasteiger partial charge in [-0.05, 0) is 34.7 Å². The molecule has 0 aliphatic heterocycles. The van der Waals surface area contributed by atoms with Gasteiger partial charge >= 0.3 is 0 Å². The van der Waals surface area contributed by atoms with Gasteiger partial charge in [0.05, 0.1) is 5.56 Å². The number of hydrogen-bond donors (Lipinski definition) is 2. The molecule has 0 aromatic heterocycles. The highest BCUT2D eigenvalue weighted by molar-refractivity contribution is 6.03. The highest BCUT2D eigenvalue weighted by atomic mass is 16.1. The summed E-state index contributed by atoms with van der Waals surface area (Å²) in [7, 11) is 0. The molecular weight excluding hydrogens is 248 g/mol. The van der Waals surface area contributed by atoms with Crippen molar-refractivity contribution in [3.05, 3.63) is 42.0 Å². The van der Waals surface area contributed by atoms with Crippen molar-refractivity contribution in [1.29, 1.82) is 0 Å². The second kappa shape index (κ2) is 5.53. The third-order valence-corrected chi connectivity index (χ3v) is 3.32. The zero-order valence-corrected chi connectivity index (χ0v) is 12.4. The first-order chi connectivity index (χ1) is 9.37. The number of rotatable bonds is 3. The van der Waals surface area contributed by atoms with Gasteiger partial charge in [-0.2, -0.15) is 0 Å². The number of amides is 1. The van der Waals surface area contributed by atoms with Gasteiger partial charge in [0.1, 0.15) is 0 Å². The molecule has 0 saturated carbocycles. The van der Waals surface area contributed by atoms with E-state index in [2.05, 4.69) is 26.1 Å². The monoisotopic (exact) mass is 270 g/mol. The number of fused-ring (bicyclic) bond motifs is 1. The lowest BCUT2D eigenvalue weighted by Gasteiger charge is -2.18. The lowest BCUT2D eigenvalue weighted by Crippen LogP contribution is -2.27. The number of anilines is 1. The van der Waals surface area contributed by atoms with Crippen LogP contribution in [-0.2, 0) is 0 Å². The van der Waals surface area contributed by atoms with E-state index < -0.39 is 0 Å². The molecule has 3 N–H and O–H groups in total. The van der Waals surface area contributed by atoms with Crippen molar-refractivity contribution >= 4 is 22.4 Å². The summed E-state index contributed by atoms with van der Waals surface area (Å²) in [6.07, 6.45) is 0.937. The third kappa shape index (κ3) is 3.50. The Hall–Kier alpha value is -2.03. The number of carbonyl (C=O) groups excluding carboxylic acids is 1. The Labute approximate surface area is 120 Å². The quantitative estimate of drug-likeness (QED) is 0.837. The van der Waals surface area contributed by atoms with Crippen molar-refractivity contribution in [2.45, 2.75) is 27.2 Å². The second-order valence-electron chi connectivity index (χ2n) is 6.35. The van der Waals surface area contributed by atoms with E-state index in [4.69, 9.17) is 5.73 Å². The van der Waals surface area contributed by atoms with Crippen molar-refractivity contribution in [2.24, 2.45) is 5.41 Å². The van der Waals surface area contributed by atoms with E-state index in [-0.39, 0.29) is 11.3 Å². The molecule has 2 rings (SSSR count). The maximum absolute atomic E-state index is 12.2. The molecule has 0 unspecified atom stereocenters. The molecule has 0 bridgehead atoms. The molecule has 106 valence electrons. The van der Waals surface area contributed by atoms with Crippen molar-refractivity contribution in [3.63, 3.8) is 0 Å². The van der Waals surface area contributed by atoms with Crippen LogP contribution >= 0.6 is 0 Å². The standard InChI is InChI=1S/C17H22N2O/c1-17(2,3)8-9-19-16(20)14-10-12-6-4-5-7-13(12)11-15(14)18/h4-7,10-11H,8-9,18H2,1-3H3,(H,19,20). The third-order valence-electron chi connectivity index (χ3n) is 3.32. The fraction of sp³-hybridized carbons (Fsp3) is 0.353. The normalized spacial score (nSPS) is 11.6. The number of benzene rings is 2. The van der Waals surface area contributed by atoms with E-state index in [1.54, 1.807) is 0 Å². The SMILES string of the molecule is CC(C)(C)CCNC(=O)c1cc2ccccc2cc1N. The molecule has 3 heteroatoms. The Bertz CT molecular complexity index is 626. The number of hydrogen-bond acceptors (Lipinski definition) is 2. The first-order valence-electron chi connectivity index (χ1n) is 6.93. The lowest BCUT2D eigenvalue weighted by atomic mass is 9.92. The van der Waals surface area contributed by atoms with Crippen LogP contribution in [0.5, 0.6) is 0 Å². The summed E-state index contributed by atoms with van der Waals surface area (Å²) in [4.78, 5) is 12.2. The Morgan fingerprint density at radius 2 is 1.75 bits per heavy atom. The minimum atomic E-state index is -0.0995. The zero-order chi connectivity index (χ0) is 14.8. The smallest absolute Gasteiger partial charge is 0.253 e. The lowest BCUT2D eigenvalue weighted by molar-refractivity contribution is 0.0950. The number of carbonyl (C=O) groups is 1. The molecular formula is C17H22N2O. The van der Waals surface area contributed by atoms with E-state index in [0.29, 0.717) is 17.8 Å². The van der Waals surface area contributed by atoms with Crippen LogP contribution in [0.15, 0.2) is 36.4 Å². The van der Waals surface area contributed by atoms with Gasteiger partial charge < -0.3 is 11.1 Å². The van der Waals surface area contributed by atoms with Crippen LogP contribution < -0.4 is 11.1 Å². The van der Waals surface area contributed by atoms with Gasteiger partial charge in [0, 0.05) is 12.2 Å². The van der Waals surface area contributed by atoms with Crippen molar-refractivity contribution in [2.75, 3.05) is 12.3 Å². The topological polar surface area (TPSA) is 55.1 Å². The Morgan fingerprint density at radius 3 is 2.35 bits per heavy atom. The predicted octanol–water partition coefficient (Wildman–Crippen LogP) is 3.59. The molecule has 3 nitrogen and oxygen atoms in total. The first kappa shape index (κ1) is 14.4. The summed E-state index contributed by atoms with van der Waals surface area (Å²) in [5.74, 6) is -0.0995. The van der Waals surface area contributed by atoms with Crippen LogP contribution in [0, 0.1) is 5.41 Å². The van der Waals surface area contributed by atoms with Crippen LogP contribution in [0.3, 0.4) is 0 Å². The summed E-state index contributed by atoms with van der Waals surface area (Å²) < 4.78 is 0. The average Bonchev–Trinajstić information content (AvgIpc) is 2.36. The number of nitrogen functional groups attached to an aromatic ring is 1. The van der Waals surface area contributed by atoms with Crippen molar-refractivity contribution in [1.82, 2.24) is 5.32 Å². The number of nitrogens with one attached hydrogen (secondary N) is 1. The summed E-state index contributed by atoms with van der Waals surface area (Å²) in [6.45, 7) is 7.13. The van der Waals surface area contributed by atoms with Crippen molar-refractivity contribution < 1.29 is 4.79 Å². The number of nitrogens with two attached hydrogens (primary N) is 1. The fourth-order valence-electron chi connectivity index (χ4n) is 2.10. The highest BCUT2D eigenvalue weighted by Crippen LogP contribution is 2.22. The molecule has 1 amide bonds. The summed E-state index contributed by atoms with van der Waals surface area (Å²) in [5, 5.41) is 5.02. The van der Waals surface area contributed by atoms with E-state index in [1.165, 1.54) is 0 Å². The van der Waals surface area contributed by atoms with Crippen molar-refractivity contribution in [3.8, 4) is 0 Å². The summed E-state index contributed by atoms with van der Waals surface area (Å²) in [5.41, 5.74) is 7.27. The van der Waals surface area contributed by atoms with Gasteiger partial charge in [0.15, 0.2) is 0 Å². The van der Waals surface area contributed by atoms with E-state index in [0.717, 1.165) is 17.2 Å². The second-order valence-corrected chi connectivity index (χ2v) is 6.35. The predicted molar refractivity (Wildman–Crippen MR) is 84.8 cm³/mol. The van der Waals surface area contributed by atoms with Crippen LogP contribution in [0.4, 0.5) is 5.69 Å². The first-order valence-corrected chi connectivity index (χ1v) is 6.93. The zero-order valence-electron chi connectivity index (χ0n) is 12.4. The Morgan fingerprint density at radius 1 is 1.15 bits per heavy atom. The summed E-state index contributed by atoms with van der Waals surface area (Å²) in [6, 6.07) is 11.6. The fourth-order valence-corrected chi connectivity index (χ4v) is 2.10. The summed E-state index contributed by atoms with van der Waals surface area (Å²) >= 11 is 0. The molecule has 2 aromatic carbocycles. The maximum atomic E-state index is 12.2. The minimum Gasteiger partial charge on any atom is -0.398 e.